The highest BCUT2D eigenvalue weighted by molar-refractivity contribution is 5.91. The van der Waals surface area contributed by atoms with Gasteiger partial charge in [-0.1, -0.05) is 18.2 Å². The fourth-order valence-electron chi connectivity index (χ4n) is 2.49. The van der Waals surface area contributed by atoms with Crippen LogP contribution in [0.2, 0.25) is 0 Å². The molecule has 0 spiro atoms. The van der Waals surface area contributed by atoms with Crippen LogP contribution < -0.4 is 5.32 Å². The lowest BCUT2D eigenvalue weighted by molar-refractivity contribution is 0.0591. The molecular weight excluding hydrogens is 280 g/mol. The molecule has 0 saturated carbocycles. The van der Waals surface area contributed by atoms with E-state index in [1.165, 1.54) is 7.11 Å². The van der Waals surface area contributed by atoms with Crippen molar-refractivity contribution in [1.82, 2.24) is 10.2 Å². The third-order valence-corrected chi connectivity index (χ3v) is 3.49. The van der Waals surface area contributed by atoms with Gasteiger partial charge in [-0.25, -0.2) is 4.79 Å². The van der Waals surface area contributed by atoms with E-state index in [2.05, 4.69) is 10.2 Å². The topological polar surface area (TPSA) is 61.8 Å². The lowest BCUT2D eigenvalue weighted by Gasteiger charge is -2.34. The third kappa shape index (κ3) is 3.70. The van der Waals surface area contributed by atoms with Crippen molar-refractivity contribution in [2.75, 3.05) is 39.9 Å². The molecule has 2 N–H and O–H groups in total. The van der Waals surface area contributed by atoms with E-state index < -0.39 is 0 Å². The number of aliphatic hydroxyl groups excluding tert-OH is 1. The van der Waals surface area contributed by atoms with Gasteiger partial charge in [-0.05, 0) is 11.6 Å². The minimum Gasteiger partial charge on any atom is -0.465 e. The minimum absolute atomic E-state index is 0. The standard InChI is InChI=1S/C14H20N2O3.ClH/c1-19-14(18)12-5-3-2-4-11(12)13(10-17)16-8-6-15-7-9-16;/h2-5,13,15,17H,6-10H2,1H3;1H/t13-;/m1./s1. The van der Waals surface area contributed by atoms with E-state index in [0.717, 1.165) is 31.7 Å². The smallest absolute Gasteiger partial charge is 0.338 e. The van der Waals surface area contributed by atoms with Crippen LogP contribution in [0.4, 0.5) is 0 Å². The number of carbonyl (C=O) groups excluding carboxylic acids is 1. The summed E-state index contributed by atoms with van der Waals surface area (Å²) in [5, 5.41) is 13.0. The molecular formula is C14H21ClN2O3. The SMILES string of the molecule is COC(=O)c1ccccc1[C@@H](CO)N1CCNCC1.Cl. The van der Waals surface area contributed by atoms with Gasteiger partial charge in [-0.3, -0.25) is 4.90 Å². The van der Waals surface area contributed by atoms with Gasteiger partial charge in [0, 0.05) is 26.2 Å². The van der Waals surface area contributed by atoms with E-state index in [9.17, 15) is 9.90 Å². The summed E-state index contributed by atoms with van der Waals surface area (Å²) in [7, 11) is 1.37. The van der Waals surface area contributed by atoms with Gasteiger partial charge in [0.15, 0.2) is 0 Å². The van der Waals surface area contributed by atoms with Crippen molar-refractivity contribution in [3.63, 3.8) is 0 Å². The number of halogens is 1. The molecule has 0 radical (unpaired) electrons. The number of ether oxygens (including phenoxy) is 1. The summed E-state index contributed by atoms with van der Waals surface area (Å²) in [6.45, 7) is 3.52. The maximum atomic E-state index is 11.8. The van der Waals surface area contributed by atoms with Gasteiger partial charge in [0.2, 0.25) is 0 Å². The lowest BCUT2D eigenvalue weighted by atomic mass is 9.99. The summed E-state index contributed by atoms with van der Waals surface area (Å²) < 4.78 is 4.81. The Bertz CT molecular complexity index is 436. The van der Waals surface area contributed by atoms with Crippen LogP contribution in [0.15, 0.2) is 24.3 Å². The second-order valence-electron chi connectivity index (χ2n) is 4.56. The normalized spacial score (nSPS) is 17.1. The number of esters is 1. The van der Waals surface area contributed by atoms with Crippen molar-refractivity contribution in [3.05, 3.63) is 35.4 Å². The Morgan fingerprint density at radius 1 is 1.40 bits per heavy atom. The number of rotatable bonds is 4. The maximum absolute atomic E-state index is 11.8. The molecule has 1 aromatic rings. The molecule has 20 heavy (non-hydrogen) atoms. The predicted octanol–water partition coefficient (Wildman–Crippen LogP) is 0.834. The Kier molecular flexibility index (Phi) is 6.95. The van der Waals surface area contributed by atoms with E-state index in [-0.39, 0.29) is 31.0 Å². The number of nitrogens with zero attached hydrogens (tertiary/aromatic N) is 1. The van der Waals surface area contributed by atoms with Gasteiger partial charge in [-0.15, -0.1) is 12.4 Å². The van der Waals surface area contributed by atoms with Crippen LogP contribution in [0, 0.1) is 0 Å². The molecule has 1 atom stereocenters. The molecule has 0 aliphatic carbocycles. The number of benzene rings is 1. The fourth-order valence-corrected chi connectivity index (χ4v) is 2.49. The van der Waals surface area contributed by atoms with E-state index in [1.807, 2.05) is 18.2 Å². The van der Waals surface area contributed by atoms with E-state index in [4.69, 9.17) is 4.74 Å². The number of nitrogens with one attached hydrogen (secondary N) is 1. The summed E-state index contributed by atoms with van der Waals surface area (Å²) in [5.41, 5.74) is 1.36. The molecule has 0 unspecified atom stereocenters. The highest BCUT2D eigenvalue weighted by Gasteiger charge is 2.25. The zero-order valence-corrected chi connectivity index (χ0v) is 12.4. The lowest BCUT2D eigenvalue weighted by Crippen LogP contribution is -2.46. The average molecular weight is 301 g/mol. The van der Waals surface area contributed by atoms with Crippen LogP contribution in [-0.2, 0) is 4.74 Å². The van der Waals surface area contributed by atoms with Crippen LogP contribution in [0.5, 0.6) is 0 Å². The molecule has 1 saturated heterocycles. The number of aliphatic hydroxyl groups is 1. The summed E-state index contributed by atoms with van der Waals surface area (Å²) in [4.78, 5) is 14.0. The van der Waals surface area contributed by atoms with E-state index in [1.54, 1.807) is 6.07 Å². The number of methoxy groups -OCH3 is 1. The van der Waals surface area contributed by atoms with Gasteiger partial charge >= 0.3 is 5.97 Å². The molecule has 6 heteroatoms. The van der Waals surface area contributed by atoms with Crippen molar-refractivity contribution in [2.24, 2.45) is 0 Å². The second kappa shape index (κ2) is 8.21. The van der Waals surface area contributed by atoms with Crippen LogP contribution in [0.3, 0.4) is 0 Å². The monoisotopic (exact) mass is 300 g/mol. The number of carbonyl (C=O) groups is 1. The molecule has 1 aromatic carbocycles. The third-order valence-electron chi connectivity index (χ3n) is 3.49. The number of piperazine rings is 1. The summed E-state index contributed by atoms with van der Waals surface area (Å²) in [6, 6.07) is 7.16. The Labute approximate surface area is 125 Å². The van der Waals surface area contributed by atoms with E-state index >= 15 is 0 Å². The van der Waals surface area contributed by atoms with Crippen LogP contribution in [0.1, 0.15) is 22.0 Å². The molecule has 0 bridgehead atoms. The molecule has 5 nitrogen and oxygen atoms in total. The van der Waals surface area contributed by atoms with E-state index in [0.29, 0.717) is 5.56 Å². The molecule has 1 heterocycles. The van der Waals surface area contributed by atoms with Gasteiger partial charge in [0.1, 0.15) is 0 Å². The van der Waals surface area contributed by atoms with Crippen molar-refractivity contribution in [2.45, 2.75) is 6.04 Å². The molecule has 0 amide bonds. The Morgan fingerprint density at radius 2 is 2.05 bits per heavy atom. The first-order valence-corrected chi connectivity index (χ1v) is 6.50. The Hall–Kier alpha value is -1.14. The fraction of sp³-hybridized carbons (Fsp3) is 0.500. The molecule has 1 fully saturated rings. The van der Waals surface area contributed by atoms with Gasteiger partial charge in [-0.2, -0.15) is 0 Å². The van der Waals surface area contributed by atoms with Crippen molar-refractivity contribution >= 4 is 18.4 Å². The first-order chi connectivity index (χ1) is 9.27. The minimum atomic E-state index is -0.357. The average Bonchev–Trinajstić information content (AvgIpc) is 2.49. The molecule has 1 aliphatic rings. The first kappa shape index (κ1) is 16.9. The molecule has 2 rings (SSSR count). The van der Waals surface area contributed by atoms with Crippen molar-refractivity contribution < 1.29 is 14.6 Å². The molecule has 0 aromatic heterocycles. The van der Waals surface area contributed by atoms with Crippen LogP contribution >= 0.6 is 12.4 Å². The largest absolute Gasteiger partial charge is 0.465 e. The zero-order valence-electron chi connectivity index (χ0n) is 11.5. The Morgan fingerprint density at radius 3 is 2.65 bits per heavy atom. The second-order valence-corrected chi connectivity index (χ2v) is 4.56. The highest BCUT2D eigenvalue weighted by Crippen LogP contribution is 2.24. The van der Waals surface area contributed by atoms with Crippen molar-refractivity contribution in [1.29, 1.82) is 0 Å². The number of hydrogen-bond donors (Lipinski definition) is 2. The first-order valence-electron chi connectivity index (χ1n) is 6.50. The Balaban J connectivity index is 0.00000200. The van der Waals surface area contributed by atoms with Gasteiger partial charge in [0.25, 0.3) is 0 Å². The summed E-state index contributed by atoms with van der Waals surface area (Å²) in [5.74, 6) is -0.357. The predicted molar refractivity (Wildman–Crippen MR) is 79.3 cm³/mol. The molecule has 1 aliphatic heterocycles. The zero-order chi connectivity index (χ0) is 13.7. The van der Waals surface area contributed by atoms with Crippen molar-refractivity contribution in [3.8, 4) is 0 Å². The quantitative estimate of drug-likeness (QED) is 0.807. The summed E-state index contributed by atoms with van der Waals surface area (Å²) >= 11 is 0. The summed E-state index contributed by atoms with van der Waals surface area (Å²) in [6.07, 6.45) is 0. The number of hydrogen-bond acceptors (Lipinski definition) is 5. The van der Waals surface area contributed by atoms with Gasteiger partial charge < -0.3 is 15.2 Å². The van der Waals surface area contributed by atoms with Crippen LogP contribution in [0.25, 0.3) is 0 Å². The molecule has 112 valence electrons. The van der Waals surface area contributed by atoms with Crippen LogP contribution in [-0.4, -0.2) is 55.9 Å². The maximum Gasteiger partial charge on any atom is 0.338 e. The van der Waals surface area contributed by atoms with Gasteiger partial charge in [0.05, 0.1) is 25.3 Å². The highest BCUT2D eigenvalue weighted by atomic mass is 35.5.